The fourth-order valence-electron chi connectivity index (χ4n) is 2.56. The van der Waals surface area contributed by atoms with Gasteiger partial charge in [0.25, 0.3) is 5.91 Å². The first-order chi connectivity index (χ1) is 12.3. The van der Waals surface area contributed by atoms with Crippen LogP contribution in [0.4, 0.5) is 18.9 Å². The summed E-state index contributed by atoms with van der Waals surface area (Å²) in [5.41, 5.74) is 1.34. The number of hydrogen-bond acceptors (Lipinski definition) is 4. The topological polar surface area (TPSA) is 64.6 Å². The van der Waals surface area contributed by atoms with E-state index in [2.05, 4.69) is 14.8 Å². The molecule has 1 amide bonds. The molecule has 0 fully saturated rings. The number of ether oxygens (including phenoxy) is 2. The van der Waals surface area contributed by atoms with Crippen molar-refractivity contribution in [3.63, 3.8) is 0 Å². The van der Waals surface area contributed by atoms with Crippen molar-refractivity contribution in [1.82, 2.24) is 0 Å². The summed E-state index contributed by atoms with van der Waals surface area (Å²) in [5, 5.41) is 2.58. The Bertz CT molecular complexity index is 919. The van der Waals surface area contributed by atoms with Crippen LogP contribution in [0.1, 0.15) is 21.5 Å². The van der Waals surface area contributed by atoms with Crippen molar-refractivity contribution < 1.29 is 32.2 Å². The minimum absolute atomic E-state index is 0.0971. The molecule has 2 aromatic carbocycles. The number of benzene rings is 2. The van der Waals surface area contributed by atoms with Gasteiger partial charge in [0.05, 0.1) is 12.7 Å². The van der Waals surface area contributed by atoms with Crippen LogP contribution in [0.2, 0.25) is 0 Å². The Balaban J connectivity index is 2.02. The molecule has 1 aliphatic rings. The molecule has 26 heavy (non-hydrogen) atoms. The molecule has 0 unspecified atom stereocenters. The van der Waals surface area contributed by atoms with Crippen molar-refractivity contribution in [2.24, 2.45) is 0 Å². The van der Waals surface area contributed by atoms with Crippen LogP contribution in [0.5, 0.6) is 5.75 Å². The second-order valence-electron chi connectivity index (χ2n) is 5.35. The third-order valence-corrected chi connectivity index (χ3v) is 3.67. The molecule has 0 spiro atoms. The maximum absolute atomic E-state index is 12.5. The molecule has 1 heterocycles. The third-order valence-electron chi connectivity index (χ3n) is 3.67. The first-order valence-electron chi connectivity index (χ1n) is 7.39. The van der Waals surface area contributed by atoms with Gasteiger partial charge in [-0.05, 0) is 24.3 Å². The normalized spacial score (nSPS) is 14.8. The van der Waals surface area contributed by atoms with Gasteiger partial charge in [-0.3, -0.25) is 4.79 Å². The summed E-state index contributed by atoms with van der Waals surface area (Å²) in [4.78, 5) is 23.8. The molecule has 0 bridgehead atoms. The molecule has 134 valence electrons. The Hall–Kier alpha value is -3.29. The minimum Gasteiger partial charge on any atom is -0.465 e. The van der Waals surface area contributed by atoms with Gasteiger partial charge in [-0.15, -0.1) is 13.2 Å². The van der Waals surface area contributed by atoms with Crippen molar-refractivity contribution in [2.75, 3.05) is 12.4 Å². The molecule has 0 aromatic heterocycles. The van der Waals surface area contributed by atoms with Crippen LogP contribution in [0.3, 0.4) is 0 Å². The molecule has 1 aliphatic heterocycles. The fourth-order valence-corrected chi connectivity index (χ4v) is 2.56. The number of fused-ring (bicyclic) bond motifs is 1. The summed E-state index contributed by atoms with van der Waals surface area (Å²) in [5.74, 6) is -1.48. The molecule has 5 nitrogen and oxygen atoms in total. The van der Waals surface area contributed by atoms with E-state index in [1.807, 2.05) is 0 Å². The fraction of sp³-hybridized carbons (Fsp3) is 0.111. The van der Waals surface area contributed by atoms with Crippen molar-refractivity contribution >= 4 is 29.2 Å². The Morgan fingerprint density at radius 3 is 2.58 bits per heavy atom. The molecule has 8 heteroatoms. The number of hydrogen-bond donors (Lipinski definition) is 1. The zero-order chi connectivity index (χ0) is 18.9. The highest BCUT2D eigenvalue weighted by Crippen LogP contribution is 2.36. The number of halogens is 3. The third kappa shape index (κ3) is 3.53. The highest BCUT2D eigenvalue weighted by atomic mass is 19.4. The van der Waals surface area contributed by atoms with Gasteiger partial charge in [0.1, 0.15) is 5.75 Å². The molecule has 2 aromatic rings. The lowest BCUT2D eigenvalue weighted by Crippen LogP contribution is -2.17. The van der Waals surface area contributed by atoms with Crippen molar-refractivity contribution in [2.45, 2.75) is 6.36 Å². The molecular formula is C18H12F3NO4. The Morgan fingerprint density at radius 1 is 1.15 bits per heavy atom. The number of carbonyl (C=O) groups is 2. The van der Waals surface area contributed by atoms with Gasteiger partial charge in [0, 0.05) is 22.4 Å². The average molecular weight is 363 g/mol. The van der Waals surface area contributed by atoms with E-state index in [4.69, 9.17) is 0 Å². The van der Waals surface area contributed by atoms with Crippen LogP contribution in [-0.2, 0) is 9.53 Å². The average Bonchev–Trinajstić information content (AvgIpc) is 2.89. The number of rotatable bonds is 3. The minimum atomic E-state index is -4.85. The van der Waals surface area contributed by atoms with Gasteiger partial charge in [0.2, 0.25) is 0 Å². The summed E-state index contributed by atoms with van der Waals surface area (Å²) in [6, 6.07) is 9.93. The lowest BCUT2D eigenvalue weighted by atomic mass is 10.0. The van der Waals surface area contributed by atoms with Gasteiger partial charge >= 0.3 is 12.3 Å². The van der Waals surface area contributed by atoms with E-state index in [1.54, 1.807) is 0 Å². The van der Waals surface area contributed by atoms with Crippen LogP contribution in [0.15, 0.2) is 42.5 Å². The SMILES string of the molecule is COC(=O)c1ccc2c(c1)NC(=O)/C2=C\c1ccccc1OC(F)(F)F. The van der Waals surface area contributed by atoms with Crippen molar-refractivity contribution in [1.29, 1.82) is 0 Å². The van der Waals surface area contributed by atoms with E-state index in [-0.39, 0.29) is 16.7 Å². The van der Waals surface area contributed by atoms with E-state index < -0.39 is 24.0 Å². The second-order valence-corrected chi connectivity index (χ2v) is 5.35. The smallest absolute Gasteiger partial charge is 0.465 e. The Morgan fingerprint density at radius 2 is 1.88 bits per heavy atom. The predicted octanol–water partition coefficient (Wildman–Crippen LogP) is 3.86. The van der Waals surface area contributed by atoms with Crippen LogP contribution >= 0.6 is 0 Å². The van der Waals surface area contributed by atoms with E-state index in [9.17, 15) is 22.8 Å². The lowest BCUT2D eigenvalue weighted by molar-refractivity contribution is -0.274. The quantitative estimate of drug-likeness (QED) is 0.664. The summed E-state index contributed by atoms with van der Waals surface area (Å²) < 4.78 is 46.2. The molecule has 0 saturated carbocycles. The van der Waals surface area contributed by atoms with E-state index >= 15 is 0 Å². The predicted molar refractivity (Wildman–Crippen MR) is 87.4 cm³/mol. The first kappa shape index (κ1) is 17.5. The van der Waals surface area contributed by atoms with E-state index in [0.29, 0.717) is 11.3 Å². The monoisotopic (exact) mass is 363 g/mol. The van der Waals surface area contributed by atoms with Crippen LogP contribution in [0, 0.1) is 0 Å². The molecule has 0 atom stereocenters. The highest BCUT2D eigenvalue weighted by Gasteiger charge is 2.32. The molecule has 0 aliphatic carbocycles. The number of nitrogens with one attached hydrogen (secondary N) is 1. The van der Waals surface area contributed by atoms with E-state index in [1.165, 1.54) is 49.6 Å². The number of alkyl halides is 3. The zero-order valence-corrected chi connectivity index (χ0v) is 13.4. The van der Waals surface area contributed by atoms with Crippen molar-refractivity contribution in [3.05, 3.63) is 59.2 Å². The number of esters is 1. The number of carbonyl (C=O) groups excluding carboxylic acids is 2. The number of methoxy groups -OCH3 is 1. The Labute approximate surface area is 146 Å². The summed E-state index contributed by atoms with van der Waals surface area (Å²) in [6.45, 7) is 0. The molecule has 1 N–H and O–H groups in total. The number of anilines is 1. The summed E-state index contributed by atoms with van der Waals surface area (Å²) in [6.07, 6.45) is -3.54. The van der Waals surface area contributed by atoms with Gasteiger partial charge in [-0.1, -0.05) is 24.3 Å². The largest absolute Gasteiger partial charge is 0.573 e. The standard InChI is InChI=1S/C18H12F3NO4/c1-25-17(24)11-6-7-12-13(16(23)22-14(12)9-11)8-10-4-2-3-5-15(10)26-18(19,20)21/h2-9H,1H3,(H,22,23)/b13-8-. The highest BCUT2D eigenvalue weighted by molar-refractivity contribution is 6.35. The van der Waals surface area contributed by atoms with Crippen LogP contribution in [0.25, 0.3) is 11.6 Å². The first-order valence-corrected chi connectivity index (χ1v) is 7.39. The maximum atomic E-state index is 12.5. The zero-order valence-electron chi connectivity index (χ0n) is 13.4. The molecule has 0 saturated heterocycles. The summed E-state index contributed by atoms with van der Waals surface area (Å²) in [7, 11) is 1.23. The van der Waals surface area contributed by atoms with Crippen LogP contribution in [-0.4, -0.2) is 25.3 Å². The maximum Gasteiger partial charge on any atom is 0.573 e. The van der Waals surface area contributed by atoms with Crippen molar-refractivity contribution in [3.8, 4) is 5.75 Å². The number of para-hydroxylation sites is 1. The summed E-state index contributed by atoms with van der Waals surface area (Å²) >= 11 is 0. The molecule has 0 radical (unpaired) electrons. The molecular weight excluding hydrogens is 351 g/mol. The Kier molecular flexibility index (Phi) is 4.41. The van der Waals surface area contributed by atoms with Crippen LogP contribution < -0.4 is 10.1 Å². The van der Waals surface area contributed by atoms with Gasteiger partial charge in [-0.25, -0.2) is 4.79 Å². The van der Waals surface area contributed by atoms with E-state index in [0.717, 1.165) is 6.07 Å². The lowest BCUT2D eigenvalue weighted by Gasteiger charge is -2.11. The number of amides is 1. The van der Waals surface area contributed by atoms with Gasteiger partial charge < -0.3 is 14.8 Å². The second kappa shape index (κ2) is 6.55. The van der Waals surface area contributed by atoms with Gasteiger partial charge in [-0.2, -0.15) is 0 Å². The van der Waals surface area contributed by atoms with Gasteiger partial charge in [0.15, 0.2) is 0 Å². The molecule has 3 rings (SSSR count).